The Hall–Kier alpha value is -2.24. The first-order chi connectivity index (χ1) is 8.81. The largest absolute Gasteiger partial charge is 0.192 e. The molecular formula is C16H11NS. The highest BCUT2D eigenvalue weighted by atomic mass is 32.1. The lowest BCUT2D eigenvalue weighted by atomic mass is 10.0. The van der Waals surface area contributed by atoms with Crippen molar-refractivity contribution >= 4 is 23.2 Å². The van der Waals surface area contributed by atoms with E-state index in [1.54, 1.807) is 6.08 Å². The number of nitriles is 1. The summed E-state index contributed by atoms with van der Waals surface area (Å²) in [5, 5.41) is 9.20. The van der Waals surface area contributed by atoms with E-state index in [-0.39, 0.29) is 0 Å². The third-order valence-electron chi connectivity index (χ3n) is 2.54. The van der Waals surface area contributed by atoms with Crippen LogP contribution < -0.4 is 0 Å². The van der Waals surface area contributed by atoms with E-state index < -0.39 is 0 Å². The molecule has 0 bridgehead atoms. The van der Waals surface area contributed by atoms with Crippen molar-refractivity contribution in [2.45, 2.75) is 0 Å². The minimum Gasteiger partial charge on any atom is -0.192 e. The van der Waals surface area contributed by atoms with Gasteiger partial charge in [-0.2, -0.15) is 5.26 Å². The molecule has 1 aliphatic rings. The van der Waals surface area contributed by atoms with E-state index in [0.29, 0.717) is 10.4 Å². The second-order valence-corrected chi connectivity index (χ2v) is 4.21. The van der Waals surface area contributed by atoms with Crippen LogP contribution >= 0.6 is 12.2 Å². The Bertz CT molecular complexity index is 610. The Morgan fingerprint density at radius 2 is 1.83 bits per heavy atom. The van der Waals surface area contributed by atoms with Crippen molar-refractivity contribution in [3.8, 4) is 6.07 Å². The molecule has 0 saturated carbocycles. The fourth-order valence-corrected chi connectivity index (χ4v) is 1.88. The number of hydrogen-bond donors (Lipinski definition) is 0. The first-order valence-electron chi connectivity index (χ1n) is 5.58. The summed E-state index contributed by atoms with van der Waals surface area (Å²) in [6.45, 7) is 0. The van der Waals surface area contributed by atoms with E-state index in [1.807, 2.05) is 60.7 Å². The van der Waals surface area contributed by atoms with Gasteiger partial charge in [-0.15, -0.1) is 0 Å². The van der Waals surface area contributed by atoms with E-state index in [9.17, 15) is 5.26 Å². The summed E-state index contributed by atoms with van der Waals surface area (Å²) in [5.41, 5.74) is 2.46. The van der Waals surface area contributed by atoms with Crippen LogP contribution in [-0.2, 0) is 0 Å². The molecule has 86 valence electrons. The molecule has 0 unspecified atom stereocenters. The van der Waals surface area contributed by atoms with Crippen LogP contribution in [0.4, 0.5) is 0 Å². The maximum Gasteiger partial charge on any atom is 0.0998 e. The number of benzene rings is 1. The van der Waals surface area contributed by atoms with Gasteiger partial charge in [-0.3, -0.25) is 0 Å². The predicted molar refractivity (Wildman–Crippen MR) is 79.0 cm³/mol. The van der Waals surface area contributed by atoms with Crippen molar-refractivity contribution in [1.82, 2.24) is 0 Å². The Morgan fingerprint density at radius 3 is 2.50 bits per heavy atom. The van der Waals surface area contributed by atoms with Crippen molar-refractivity contribution in [2.75, 3.05) is 0 Å². The highest BCUT2D eigenvalue weighted by Gasteiger charge is 2.06. The van der Waals surface area contributed by atoms with Crippen molar-refractivity contribution in [1.29, 1.82) is 5.26 Å². The van der Waals surface area contributed by atoms with Gasteiger partial charge in [0.25, 0.3) is 0 Å². The average Bonchev–Trinajstić information content (AvgIpc) is 2.42. The first kappa shape index (κ1) is 12.2. The quantitative estimate of drug-likeness (QED) is 0.449. The van der Waals surface area contributed by atoms with Gasteiger partial charge >= 0.3 is 0 Å². The maximum atomic E-state index is 9.20. The Balaban J connectivity index is 2.32. The van der Waals surface area contributed by atoms with E-state index in [1.165, 1.54) is 0 Å². The van der Waals surface area contributed by atoms with Crippen molar-refractivity contribution in [3.63, 3.8) is 0 Å². The van der Waals surface area contributed by atoms with Crippen molar-refractivity contribution in [2.24, 2.45) is 0 Å². The van der Waals surface area contributed by atoms with Crippen LogP contribution in [0.25, 0.3) is 6.08 Å². The fourth-order valence-electron chi connectivity index (χ4n) is 1.62. The van der Waals surface area contributed by atoms with Crippen LogP contribution in [-0.4, -0.2) is 4.86 Å². The van der Waals surface area contributed by atoms with Crippen LogP contribution in [0.1, 0.15) is 5.56 Å². The van der Waals surface area contributed by atoms with Gasteiger partial charge in [0, 0.05) is 10.4 Å². The molecule has 1 aliphatic carbocycles. The number of nitrogens with zero attached hydrogens (tertiary/aromatic N) is 1. The van der Waals surface area contributed by atoms with Crippen LogP contribution in [0.5, 0.6) is 0 Å². The molecule has 1 aromatic rings. The van der Waals surface area contributed by atoms with Gasteiger partial charge in [0.1, 0.15) is 0 Å². The Labute approximate surface area is 112 Å². The Kier molecular flexibility index (Phi) is 4.01. The van der Waals surface area contributed by atoms with Gasteiger partial charge in [-0.1, -0.05) is 66.9 Å². The summed E-state index contributed by atoms with van der Waals surface area (Å²) < 4.78 is 0. The summed E-state index contributed by atoms with van der Waals surface area (Å²) in [5.74, 6) is 0. The van der Waals surface area contributed by atoms with Crippen LogP contribution in [0, 0.1) is 11.3 Å². The molecule has 0 heterocycles. The number of allylic oxidation sites excluding steroid dienone is 7. The molecule has 18 heavy (non-hydrogen) atoms. The summed E-state index contributed by atoms with van der Waals surface area (Å²) in [7, 11) is 0. The zero-order chi connectivity index (χ0) is 12.8. The smallest absolute Gasteiger partial charge is 0.0998 e. The molecular weight excluding hydrogens is 238 g/mol. The number of hydrogen-bond acceptors (Lipinski definition) is 2. The van der Waals surface area contributed by atoms with Gasteiger partial charge < -0.3 is 0 Å². The number of thiocarbonyl (C=S) groups is 1. The lowest BCUT2D eigenvalue weighted by Gasteiger charge is -2.04. The highest BCUT2D eigenvalue weighted by Crippen LogP contribution is 2.16. The zero-order valence-corrected chi connectivity index (χ0v) is 10.5. The molecule has 0 atom stereocenters. The summed E-state index contributed by atoms with van der Waals surface area (Å²) in [4.78, 5) is 0.701. The minimum absolute atomic E-state index is 0.587. The van der Waals surface area contributed by atoms with Crippen molar-refractivity contribution < 1.29 is 0 Å². The zero-order valence-electron chi connectivity index (χ0n) is 9.71. The van der Waals surface area contributed by atoms with Crippen LogP contribution in [0.2, 0.25) is 0 Å². The van der Waals surface area contributed by atoms with Gasteiger partial charge in [0.15, 0.2) is 0 Å². The molecule has 0 aromatic heterocycles. The third-order valence-corrected chi connectivity index (χ3v) is 2.90. The van der Waals surface area contributed by atoms with Gasteiger partial charge in [-0.05, 0) is 17.7 Å². The highest BCUT2D eigenvalue weighted by molar-refractivity contribution is 7.81. The third kappa shape index (κ3) is 2.91. The second kappa shape index (κ2) is 5.90. The van der Waals surface area contributed by atoms with E-state index in [2.05, 4.69) is 6.07 Å². The second-order valence-electron chi connectivity index (χ2n) is 3.77. The topological polar surface area (TPSA) is 23.8 Å². The molecule has 0 saturated heterocycles. The van der Waals surface area contributed by atoms with Crippen molar-refractivity contribution in [3.05, 3.63) is 77.4 Å². The van der Waals surface area contributed by atoms with E-state index >= 15 is 0 Å². The van der Waals surface area contributed by atoms with Gasteiger partial charge in [0.05, 0.1) is 11.6 Å². The molecule has 0 amide bonds. The molecule has 0 fully saturated rings. The molecule has 0 N–H and O–H groups in total. The molecule has 2 rings (SSSR count). The summed E-state index contributed by atoms with van der Waals surface area (Å²) >= 11 is 5.22. The first-order valence-corrected chi connectivity index (χ1v) is 5.98. The molecule has 0 spiro atoms. The molecule has 0 radical (unpaired) electrons. The van der Waals surface area contributed by atoms with Gasteiger partial charge in [0.2, 0.25) is 0 Å². The molecule has 0 aliphatic heterocycles. The maximum absolute atomic E-state index is 9.20. The fraction of sp³-hybridized carbons (Fsp3) is 0. The number of rotatable bonds is 2. The predicted octanol–water partition coefficient (Wildman–Crippen LogP) is 4.02. The monoisotopic (exact) mass is 249 g/mol. The standard InChI is InChI=1S/C16H11NS/c17-12-14(15-8-4-5-9-16(15)18)11-10-13-6-2-1-3-7-13/h1-11H/b11-10+,15-14+. The molecule has 1 aromatic carbocycles. The molecule has 2 heteroatoms. The minimum atomic E-state index is 0.587. The van der Waals surface area contributed by atoms with Gasteiger partial charge in [-0.25, -0.2) is 0 Å². The lowest BCUT2D eigenvalue weighted by Crippen LogP contribution is -1.99. The lowest BCUT2D eigenvalue weighted by molar-refractivity contribution is 1.48. The normalized spacial score (nSPS) is 16.9. The SMILES string of the molecule is N#CC(/C=C/c1ccccc1)=C1\C=CC=CC1=S. The summed E-state index contributed by atoms with van der Waals surface area (Å²) in [6.07, 6.45) is 11.2. The summed E-state index contributed by atoms with van der Waals surface area (Å²) in [6, 6.07) is 12.1. The van der Waals surface area contributed by atoms with Crippen LogP contribution in [0.3, 0.4) is 0 Å². The van der Waals surface area contributed by atoms with E-state index in [0.717, 1.165) is 11.1 Å². The van der Waals surface area contributed by atoms with Crippen LogP contribution in [0.15, 0.2) is 71.9 Å². The molecule has 1 nitrogen and oxygen atoms in total. The Morgan fingerprint density at radius 1 is 1.11 bits per heavy atom. The van der Waals surface area contributed by atoms with E-state index in [4.69, 9.17) is 12.2 Å². The average molecular weight is 249 g/mol.